The summed E-state index contributed by atoms with van der Waals surface area (Å²) in [5.41, 5.74) is 0. The molecule has 6 heavy (non-hydrogen) atoms. The molecule has 0 atom stereocenters. The van der Waals surface area contributed by atoms with Gasteiger partial charge >= 0.3 is 51.7 Å². The summed E-state index contributed by atoms with van der Waals surface area (Å²) in [6, 6.07) is 0. The third-order valence-corrected chi connectivity index (χ3v) is 0. The van der Waals surface area contributed by atoms with E-state index in [4.69, 9.17) is 0 Å². The van der Waals surface area contributed by atoms with Crippen LogP contribution >= 0.6 is 0 Å². The maximum absolute atomic E-state index is 0. The van der Waals surface area contributed by atoms with Crippen molar-refractivity contribution >= 4 is 0 Å². The zero-order valence-corrected chi connectivity index (χ0v) is 9.82. The van der Waals surface area contributed by atoms with E-state index in [1.165, 1.54) is 0 Å². The molecule has 4 nitrogen and oxygen atoms in total. The van der Waals surface area contributed by atoms with Gasteiger partial charge in [-0.3, -0.25) is 0 Å². The number of hydrogen-bond acceptors (Lipinski definition) is 0. The van der Waals surface area contributed by atoms with E-state index in [1.807, 2.05) is 0 Å². The molecule has 0 aromatic carbocycles. The Hall–Kier alpha value is 1.58. The zero-order chi connectivity index (χ0) is 0. The molecule has 32 valence electrons. The standard InChI is InChI=1S/2Hf.4O/q2*+4;4*-2. The molecular weight excluding hydrogens is 421 g/mol. The average Bonchev–Trinajstić information content (AvgIpc) is 0. The molecule has 6 heteroatoms. The van der Waals surface area contributed by atoms with Crippen LogP contribution in [0.15, 0.2) is 0 Å². The Morgan fingerprint density at radius 3 is 0.333 bits per heavy atom. The first-order chi connectivity index (χ1) is 0. The van der Waals surface area contributed by atoms with Crippen molar-refractivity contribution in [1.82, 2.24) is 0 Å². The van der Waals surface area contributed by atoms with Crippen LogP contribution < -0.4 is 0 Å². The zero-order valence-electron chi connectivity index (χ0n) is 2.63. The minimum Gasteiger partial charge on any atom is -2.00 e. The largest absolute Gasteiger partial charge is 4.00 e. The van der Waals surface area contributed by atoms with Gasteiger partial charge in [-0.05, 0) is 0 Å². The van der Waals surface area contributed by atoms with E-state index < -0.39 is 0 Å². The normalized spacial score (nSPS) is 0. The van der Waals surface area contributed by atoms with Crippen LogP contribution in [0.1, 0.15) is 0 Å². The topological polar surface area (TPSA) is 114 Å². The first kappa shape index (κ1) is 131. The smallest absolute Gasteiger partial charge is 2.00 e. The summed E-state index contributed by atoms with van der Waals surface area (Å²) in [6.45, 7) is 0. The van der Waals surface area contributed by atoms with Crippen LogP contribution in [0, 0.1) is 0 Å². The minimum absolute atomic E-state index is 0. The molecule has 0 aromatic rings. The van der Waals surface area contributed by atoms with Gasteiger partial charge in [0.1, 0.15) is 0 Å². The Kier molecular flexibility index (Phi) is 1800. The first-order valence-electron chi connectivity index (χ1n) is 0. The SMILES string of the molecule is [Hf+4].[Hf+4].[O-2].[O-2].[O-2].[O-2]. The summed E-state index contributed by atoms with van der Waals surface area (Å²) < 4.78 is 0. The molecule has 0 fully saturated rings. The summed E-state index contributed by atoms with van der Waals surface area (Å²) in [5, 5.41) is 0. The van der Waals surface area contributed by atoms with Crippen molar-refractivity contribution in [3.8, 4) is 0 Å². The van der Waals surface area contributed by atoms with Gasteiger partial charge in [0, 0.05) is 0 Å². The Morgan fingerprint density at radius 1 is 0.333 bits per heavy atom. The van der Waals surface area contributed by atoms with E-state index in [0.717, 1.165) is 0 Å². The molecule has 0 radical (unpaired) electrons. The molecule has 0 aliphatic carbocycles. The second-order valence-corrected chi connectivity index (χ2v) is 0. The molecule has 0 bridgehead atoms. The number of rotatable bonds is 0. The average molecular weight is 421 g/mol. The van der Waals surface area contributed by atoms with Crippen LogP contribution in [-0.4, -0.2) is 0 Å². The molecule has 0 N–H and O–H groups in total. The fourth-order valence-corrected chi connectivity index (χ4v) is 0. The fraction of sp³-hybridized carbons (Fsp3) is 0. The molecule has 0 aromatic heterocycles. The molecule has 0 rings (SSSR count). The number of hydrogen-bond donors (Lipinski definition) is 0. The molecule has 0 amide bonds. The molecule has 0 heterocycles. The van der Waals surface area contributed by atoms with Crippen LogP contribution in [0.2, 0.25) is 0 Å². The summed E-state index contributed by atoms with van der Waals surface area (Å²) in [6.07, 6.45) is 0. The molecule has 0 aliphatic heterocycles. The van der Waals surface area contributed by atoms with Crippen molar-refractivity contribution < 1.29 is 73.6 Å². The Balaban J connectivity index is 0. The summed E-state index contributed by atoms with van der Waals surface area (Å²) in [7, 11) is 0. The molecule has 0 saturated carbocycles. The summed E-state index contributed by atoms with van der Waals surface area (Å²) in [4.78, 5) is 0. The van der Waals surface area contributed by atoms with Gasteiger partial charge in [0.25, 0.3) is 0 Å². The van der Waals surface area contributed by atoms with Gasteiger partial charge in [-0.15, -0.1) is 0 Å². The van der Waals surface area contributed by atoms with Crippen molar-refractivity contribution in [2.45, 2.75) is 0 Å². The predicted octanol–water partition coefficient (Wildman–Crippen LogP) is -0.480. The van der Waals surface area contributed by atoms with Gasteiger partial charge in [-0.25, -0.2) is 0 Å². The quantitative estimate of drug-likeness (QED) is 0.471. The summed E-state index contributed by atoms with van der Waals surface area (Å²) in [5.74, 6) is 0. The van der Waals surface area contributed by atoms with Gasteiger partial charge < -0.3 is 21.9 Å². The van der Waals surface area contributed by atoms with Crippen molar-refractivity contribution in [3.05, 3.63) is 0 Å². The van der Waals surface area contributed by atoms with Crippen LogP contribution in [0.25, 0.3) is 0 Å². The predicted molar refractivity (Wildman–Crippen MR) is 2.75 cm³/mol. The van der Waals surface area contributed by atoms with Crippen LogP contribution in [-0.2, 0) is 73.6 Å². The summed E-state index contributed by atoms with van der Waals surface area (Å²) >= 11 is 0. The van der Waals surface area contributed by atoms with Crippen molar-refractivity contribution in [2.75, 3.05) is 0 Å². The van der Waals surface area contributed by atoms with E-state index in [9.17, 15) is 0 Å². The van der Waals surface area contributed by atoms with Crippen molar-refractivity contribution in [2.24, 2.45) is 0 Å². The van der Waals surface area contributed by atoms with E-state index in [-0.39, 0.29) is 73.6 Å². The third kappa shape index (κ3) is 46.9. The Labute approximate surface area is 73.1 Å². The van der Waals surface area contributed by atoms with Gasteiger partial charge in [-0.2, -0.15) is 0 Å². The van der Waals surface area contributed by atoms with Crippen LogP contribution in [0.5, 0.6) is 0 Å². The van der Waals surface area contributed by atoms with Crippen molar-refractivity contribution in [1.29, 1.82) is 0 Å². The van der Waals surface area contributed by atoms with E-state index in [1.54, 1.807) is 0 Å². The van der Waals surface area contributed by atoms with E-state index >= 15 is 0 Å². The van der Waals surface area contributed by atoms with Crippen molar-refractivity contribution in [3.63, 3.8) is 0 Å². The molecule has 0 aliphatic rings. The van der Waals surface area contributed by atoms with E-state index in [2.05, 4.69) is 0 Å². The van der Waals surface area contributed by atoms with E-state index in [0.29, 0.717) is 0 Å². The monoisotopic (exact) mass is 424 g/mol. The second-order valence-electron chi connectivity index (χ2n) is 0. The van der Waals surface area contributed by atoms with Crippen LogP contribution in [0.3, 0.4) is 0 Å². The maximum Gasteiger partial charge on any atom is 4.00 e. The molecule has 0 saturated heterocycles. The molecule has 0 unspecified atom stereocenters. The Morgan fingerprint density at radius 2 is 0.333 bits per heavy atom. The van der Waals surface area contributed by atoms with Gasteiger partial charge in [-0.1, -0.05) is 0 Å². The fourth-order valence-electron chi connectivity index (χ4n) is 0. The second kappa shape index (κ2) is 82.1. The van der Waals surface area contributed by atoms with Gasteiger partial charge in [0.05, 0.1) is 0 Å². The minimum atomic E-state index is 0. The maximum atomic E-state index is 0. The third-order valence-electron chi connectivity index (χ3n) is 0. The first-order valence-corrected chi connectivity index (χ1v) is 0. The van der Waals surface area contributed by atoms with Gasteiger partial charge in [0.15, 0.2) is 0 Å². The molecule has 0 spiro atoms. The van der Waals surface area contributed by atoms with Crippen LogP contribution in [0.4, 0.5) is 0 Å². The Bertz CT molecular complexity index is 5.51. The molecular formula is Hf2O4. The van der Waals surface area contributed by atoms with Gasteiger partial charge in [0.2, 0.25) is 0 Å².